The van der Waals surface area contributed by atoms with Crippen molar-refractivity contribution in [2.45, 2.75) is 25.8 Å². The number of carbonyl (C=O) groups excluding carboxylic acids is 1. The lowest BCUT2D eigenvalue weighted by Gasteiger charge is -2.33. The van der Waals surface area contributed by atoms with Crippen LogP contribution in [-0.2, 0) is 0 Å². The van der Waals surface area contributed by atoms with Crippen molar-refractivity contribution in [1.82, 2.24) is 15.5 Å². The molecule has 2 aromatic rings. The van der Waals surface area contributed by atoms with Gasteiger partial charge in [0.15, 0.2) is 11.6 Å². The second-order valence-corrected chi connectivity index (χ2v) is 6.28. The van der Waals surface area contributed by atoms with E-state index in [0.717, 1.165) is 25.2 Å². The van der Waals surface area contributed by atoms with Crippen LogP contribution in [0, 0.1) is 12.7 Å². The lowest BCUT2D eigenvalue weighted by Crippen LogP contribution is -2.48. The summed E-state index contributed by atoms with van der Waals surface area (Å²) in [6.07, 6.45) is 3.37. The molecule has 0 saturated carbocycles. The van der Waals surface area contributed by atoms with Gasteiger partial charge in [0.2, 0.25) is 0 Å². The zero-order chi connectivity index (χ0) is 17.1. The van der Waals surface area contributed by atoms with E-state index < -0.39 is 11.7 Å². The van der Waals surface area contributed by atoms with E-state index in [-0.39, 0.29) is 16.6 Å². The molecule has 0 radical (unpaired) electrons. The Balaban J connectivity index is 1.69. The van der Waals surface area contributed by atoms with Crippen molar-refractivity contribution in [2.24, 2.45) is 0 Å². The van der Waals surface area contributed by atoms with E-state index >= 15 is 0 Å². The zero-order valence-corrected chi connectivity index (χ0v) is 14.1. The molecule has 0 spiro atoms. The highest BCUT2D eigenvalue weighted by Crippen LogP contribution is 2.23. The molecule has 1 amide bonds. The molecular weight excluding hydrogens is 331 g/mol. The Morgan fingerprint density at radius 1 is 1.42 bits per heavy atom. The third-order valence-corrected chi connectivity index (χ3v) is 4.62. The summed E-state index contributed by atoms with van der Waals surface area (Å²) in [5, 5.41) is 10.9. The molecule has 24 heavy (non-hydrogen) atoms. The average Bonchev–Trinajstić information content (AvgIpc) is 2.60. The van der Waals surface area contributed by atoms with Gasteiger partial charge in [0.05, 0.1) is 10.6 Å². The Morgan fingerprint density at radius 3 is 3.00 bits per heavy atom. The Bertz CT molecular complexity index is 741. The first-order valence-electron chi connectivity index (χ1n) is 7.84. The van der Waals surface area contributed by atoms with Crippen LogP contribution in [0.15, 0.2) is 30.5 Å². The minimum Gasteiger partial charge on any atom is -0.353 e. The molecule has 2 heterocycles. The predicted molar refractivity (Wildman–Crippen MR) is 90.9 cm³/mol. The van der Waals surface area contributed by atoms with E-state index in [9.17, 15) is 9.18 Å². The first kappa shape index (κ1) is 16.6. The van der Waals surface area contributed by atoms with Crippen LogP contribution < -0.4 is 10.2 Å². The number of nitrogens with one attached hydrogen (secondary N) is 1. The Labute approximate surface area is 144 Å². The van der Waals surface area contributed by atoms with Crippen LogP contribution in [0.1, 0.15) is 28.8 Å². The highest BCUT2D eigenvalue weighted by Gasteiger charge is 2.24. The molecule has 1 aliphatic rings. The molecule has 1 N–H and O–H groups in total. The van der Waals surface area contributed by atoms with Gasteiger partial charge in [0.1, 0.15) is 0 Å². The number of hydrogen-bond donors (Lipinski definition) is 1. The number of piperidine rings is 1. The second-order valence-electron chi connectivity index (χ2n) is 5.90. The Kier molecular flexibility index (Phi) is 4.94. The number of benzene rings is 1. The third-order valence-electron chi connectivity index (χ3n) is 4.16. The van der Waals surface area contributed by atoms with Gasteiger partial charge < -0.3 is 10.2 Å². The molecular formula is C17H18ClFN4O. The van der Waals surface area contributed by atoms with E-state index in [1.165, 1.54) is 6.07 Å². The van der Waals surface area contributed by atoms with Gasteiger partial charge in [0, 0.05) is 25.3 Å². The Hall–Kier alpha value is -2.21. The minimum absolute atomic E-state index is 0.00696. The number of nitrogens with zero attached hydrogens (tertiary/aromatic N) is 3. The molecule has 0 bridgehead atoms. The van der Waals surface area contributed by atoms with Crippen molar-refractivity contribution in [1.29, 1.82) is 0 Å². The van der Waals surface area contributed by atoms with Gasteiger partial charge in [-0.15, -0.1) is 5.10 Å². The fourth-order valence-electron chi connectivity index (χ4n) is 2.85. The molecule has 126 valence electrons. The van der Waals surface area contributed by atoms with Crippen molar-refractivity contribution in [2.75, 3.05) is 18.0 Å². The first-order chi connectivity index (χ1) is 11.6. The highest BCUT2D eigenvalue weighted by molar-refractivity contribution is 6.31. The topological polar surface area (TPSA) is 58.1 Å². The fourth-order valence-corrected chi connectivity index (χ4v) is 3.01. The summed E-state index contributed by atoms with van der Waals surface area (Å²) < 4.78 is 14.2. The Morgan fingerprint density at radius 2 is 2.25 bits per heavy atom. The van der Waals surface area contributed by atoms with Crippen molar-refractivity contribution < 1.29 is 9.18 Å². The molecule has 0 unspecified atom stereocenters. The number of carbonyl (C=O) groups is 1. The van der Waals surface area contributed by atoms with Crippen molar-refractivity contribution in [3.63, 3.8) is 0 Å². The smallest absolute Gasteiger partial charge is 0.254 e. The number of rotatable bonds is 3. The van der Waals surface area contributed by atoms with Gasteiger partial charge in [-0.2, -0.15) is 5.10 Å². The van der Waals surface area contributed by atoms with Crippen LogP contribution in [0.3, 0.4) is 0 Å². The van der Waals surface area contributed by atoms with Crippen LogP contribution in [0.2, 0.25) is 5.02 Å². The summed E-state index contributed by atoms with van der Waals surface area (Å²) in [6.45, 7) is 3.18. The molecule has 1 fully saturated rings. The van der Waals surface area contributed by atoms with E-state index in [0.29, 0.717) is 12.1 Å². The summed E-state index contributed by atoms with van der Waals surface area (Å²) in [6, 6.07) is 6.75. The normalized spacial score (nSPS) is 17.6. The third kappa shape index (κ3) is 3.48. The quantitative estimate of drug-likeness (QED) is 0.926. The van der Waals surface area contributed by atoms with Gasteiger partial charge in [-0.25, -0.2) is 4.39 Å². The molecule has 1 saturated heterocycles. The molecule has 0 aliphatic carbocycles. The molecule has 7 heteroatoms. The fraction of sp³-hybridized carbons (Fsp3) is 0.353. The van der Waals surface area contributed by atoms with Crippen LogP contribution in [-0.4, -0.2) is 35.2 Å². The number of aromatic nitrogens is 2. The van der Waals surface area contributed by atoms with E-state index in [1.54, 1.807) is 19.2 Å². The lowest BCUT2D eigenvalue weighted by molar-refractivity contribution is 0.0929. The van der Waals surface area contributed by atoms with Crippen LogP contribution in [0.25, 0.3) is 0 Å². The number of anilines is 1. The SMILES string of the molecule is Cc1ccc(C(=O)N[C@@H]2CCCN(c3cccnn3)C2)c(F)c1Cl. The largest absolute Gasteiger partial charge is 0.353 e. The molecule has 5 nitrogen and oxygen atoms in total. The van der Waals surface area contributed by atoms with Crippen LogP contribution in [0.4, 0.5) is 10.2 Å². The summed E-state index contributed by atoms with van der Waals surface area (Å²) in [7, 11) is 0. The monoisotopic (exact) mass is 348 g/mol. The minimum atomic E-state index is -0.671. The number of halogens is 2. The van der Waals surface area contributed by atoms with E-state index in [1.807, 2.05) is 12.1 Å². The number of hydrogen-bond acceptors (Lipinski definition) is 4. The van der Waals surface area contributed by atoms with Crippen molar-refractivity contribution in [3.05, 3.63) is 52.4 Å². The summed E-state index contributed by atoms with van der Waals surface area (Å²) >= 11 is 5.89. The molecule has 1 aliphatic heterocycles. The van der Waals surface area contributed by atoms with Crippen molar-refractivity contribution >= 4 is 23.3 Å². The summed E-state index contributed by atoms with van der Waals surface area (Å²) in [4.78, 5) is 14.5. The molecule has 1 atom stereocenters. The lowest BCUT2D eigenvalue weighted by atomic mass is 10.0. The first-order valence-corrected chi connectivity index (χ1v) is 8.22. The van der Waals surface area contributed by atoms with Gasteiger partial charge in [-0.05, 0) is 43.5 Å². The molecule has 1 aromatic carbocycles. The summed E-state index contributed by atoms with van der Waals surface area (Å²) in [5.41, 5.74) is 0.583. The van der Waals surface area contributed by atoms with Crippen LogP contribution in [0.5, 0.6) is 0 Å². The molecule has 1 aromatic heterocycles. The van der Waals surface area contributed by atoms with Gasteiger partial charge >= 0.3 is 0 Å². The van der Waals surface area contributed by atoms with E-state index in [2.05, 4.69) is 20.4 Å². The van der Waals surface area contributed by atoms with Gasteiger partial charge in [-0.3, -0.25) is 4.79 Å². The maximum absolute atomic E-state index is 14.2. The number of amides is 1. The maximum atomic E-state index is 14.2. The zero-order valence-electron chi connectivity index (χ0n) is 13.3. The maximum Gasteiger partial charge on any atom is 0.254 e. The summed E-state index contributed by atoms with van der Waals surface area (Å²) in [5.74, 6) is -0.336. The van der Waals surface area contributed by atoms with Crippen molar-refractivity contribution in [3.8, 4) is 0 Å². The second kappa shape index (κ2) is 7.13. The predicted octanol–water partition coefficient (Wildman–Crippen LogP) is 2.98. The van der Waals surface area contributed by atoms with Gasteiger partial charge in [-0.1, -0.05) is 17.7 Å². The van der Waals surface area contributed by atoms with Crippen LogP contribution >= 0.6 is 11.6 Å². The standard InChI is InChI=1S/C17H18ClFN4O/c1-11-6-7-13(16(19)15(11)18)17(24)21-12-4-3-9-23(10-12)14-5-2-8-20-22-14/h2,5-8,12H,3-4,9-10H2,1H3,(H,21,24)/t12-/m1/s1. The number of aryl methyl sites for hydroxylation is 1. The highest BCUT2D eigenvalue weighted by atomic mass is 35.5. The van der Waals surface area contributed by atoms with Gasteiger partial charge in [0.25, 0.3) is 5.91 Å². The van der Waals surface area contributed by atoms with E-state index in [4.69, 9.17) is 11.6 Å². The molecule has 3 rings (SSSR count). The average molecular weight is 349 g/mol.